The van der Waals surface area contributed by atoms with Crippen molar-refractivity contribution in [3.8, 4) is 0 Å². The van der Waals surface area contributed by atoms with Crippen LogP contribution in [0.25, 0.3) is 5.57 Å². The highest BCUT2D eigenvalue weighted by atomic mass is 19.4. The average molecular weight is 502 g/mol. The van der Waals surface area contributed by atoms with E-state index in [9.17, 15) is 41.7 Å². The van der Waals surface area contributed by atoms with Crippen LogP contribution in [-0.2, 0) is 19.4 Å². The third kappa shape index (κ3) is 6.96. The van der Waals surface area contributed by atoms with Gasteiger partial charge in [-0.15, -0.1) is 0 Å². The van der Waals surface area contributed by atoms with E-state index in [-0.39, 0.29) is 12.7 Å². The summed E-state index contributed by atoms with van der Waals surface area (Å²) in [6.07, 6.45) is -9.59. The fraction of sp³-hybridized carbons (Fsp3) is 0.385. The maximum absolute atomic E-state index is 12.9. The van der Waals surface area contributed by atoms with Gasteiger partial charge in [-0.25, -0.2) is 0 Å². The number of hydrogen-bond donors (Lipinski definition) is 3. The van der Waals surface area contributed by atoms with Gasteiger partial charge in [-0.1, -0.05) is 61.5 Å². The molecule has 0 aliphatic heterocycles. The minimum absolute atomic E-state index is 0.188. The Balaban J connectivity index is 2.24. The summed E-state index contributed by atoms with van der Waals surface area (Å²) in [5.41, 5.74) is -0.683. The molecule has 3 N–H and O–H groups in total. The summed E-state index contributed by atoms with van der Waals surface area (Å²) >= 11 is 0. The molecule has 2 aromatic rings. The van der Waals surface area contributed by atoms with Crippen molar-refractivity contribution < 1.29 is 41.7 Å². The van der Waals surface area contributed by atoms with Gasteiger partial charge in [-0.05, 0) is 65.7 Å². The molecule has 0 heterocycles. The molecule has 9 heteroatoms. The summed E-state index contributed by atoms with van der Waals surface area (Å²) in [7, 11) is 0. The maximum Gasteiger partial charge on any atom is 0.430 e. The van der Waals surface area contributed by atoms with Crippen LogP contribution in [0.2, 0.25) is 0 Å². The molecule has 0 amide bonds. The zero-order valence-corrected chi connectivity index (χ0v) is 19.3. The Labute approximate surface area is 200 Å². The molecule has 0 radical (unpaired) electrons. The molecule has 0 saturated heterocycles. The lowest BCUT2D eigenvalue weighted by molar-refractivity contribution is -0.347. The molecule has 0 spiro atoms. The van der Waals surface area contributed by atoms with E-state index in [0.29, 0.717) is 47.6 Å². The number of aliphatic hydroxyl groups excluding tert-OH is 2. The van der Waals surface area contributed by atoms with Crippen molar-refractivity contribution in [2.45, 2.75) is 63.8 Å². The van der Waals surface area contributed by atoms with Gasteiger partial charge in [0, 0.05) is 0 Å². The third-order valence-electron chi connectivity index (χ3n) is 5.71. The van der Waals surface area contributed by atoms with Gasteiger partial charge in [-0.2, -0.15) is 26.3 Å². The second-order valence-corrected chi connectivity index (χ2v) is 8.23. The molecule has 0 aliphatic rings. The molecule has 35 heavy (non-hydrogen) atoms. The van der Waals surface area contributed by atoms with Crippen LogP contribution in [0.3, 0.4) is 0 Å². The van der Waals surface area contributed by atoms with E-state index in [4.69, 9.17) is 0 Å². The second-order valence-electron chi connectivity index (χ2n) is 8.23. The van der Waals surface area contributed by atoms with Crippen LogP contribution < -0.4 is 0 Å². The van der Waals surface area contributed by atoms with Crippen molar-refractivity contribution in [2.75, 3.05) is 0 Å². The molecule has 0 aromatic heterocycles. The predicted octanol–water partition coefficient (Wildman–Crippen LogP) is 6.22. The van der Waals surface area contributed by atoms with Crippen LogP contribution >= 0.6 is 0 Å². The van der Waals surface area contributed by atoms with E-state index >= 15 is 0 Å². The van der Waals surface area contributed by atoms with Crippen LogP contribution in [0.4, 0.5) is 26.3 Å². The van der Waals surface area contributed by atoms with E-state index < -0.39 is 24.1 Å². The van der Waals surface area contributed by atoms with E-state index in [1.807, 2.05) is 18.2 Å². The topological polar surface area (TPSA) is 60.7 Å². The number of benzene rings is 2. The number of allylic oxidation sites excluding steroid dienone is 3. The van der Waals surface area contributed by atoms with Gasteiger partial charge in [0.05, 0.1) is 12.7 Å². The molecule has 0 aliphatic carbocycles. The molecular formula is C26H28F6O3. The maximum atomic E-state index is 12.9. The van der Waals surface area contributed by atoms with Crippen molar-refractivity contribution in [1.82, 2.24) is 0 Å². The Morgan fingerprint density at radius 1 is 0.943 bits per heavy atom. The van der Waals surface area contributed by atoms with E-state index in [0.717, 1.165) is 17.2 Å². The number of hydrogen-bond acceptors (Lipinski definition) is 3. The van der Waals surface area contributed by atoms with Crippen LogP contribution in [0, 0.1) is 0 Å². The van der Waals surface area contributed by atoms with Crippen LogP contribution in [0.5, 0.6) is 0 Å². The Bertz CT molecular complexity index is 1040. The summed E-state index contributed by atoms with van der Waals surface area (Å²) in [4.78, 5) is 0. The van der Waals surface area contributed by atoms with E-state index in [2.05, 4.69) is 0 Å². The van der Waals surface area contributed by atoms with Crippen molar-refractivity contribution in [1.29, 1.82) is 0 Å². The van der Waals surface area contributed by atoms with Gasteiger partial charge >= 0.3 is 12.4 Å². The number of alkyl halides is 6. The molecule has 0 bridgehead atoms. The Morgan fingerprint density at radius 3 is 2.06 bits per heavy atom. The largest absolute Gasteiger partial charge is 0.430 e. The first-order chi connectivity index (χ1) is 16.2. The smallest absolute Gasteiger partial charge is 0.392 e. The SMILES string of the molecule is CC/C(=C\C=C\C(O)(C(F)(F)F)C(F)(F)F)c1cccc(CCc2ccc(CO)c(C(C)O)c2)c1. The van der Waals surface area contributed by atoms with Crippen molar-refractivity contribution >= 4 is 5.57 Å². The minimum atomic E-state index is -5.91. The summed E-state index contributed by atoms with van der Waals surface area (Å²) in [5, 5.41) is 28.6. The summed E-state index contributed by atoms with van der Waals surface area (Å²) < 4.78 is 77.1. The Hall–Kier alpha value is -2.62. The lowest BCUT2D eigenvalue weighted by Crippen LogP contribution is -2.55. The minimum Gasteiger partial charge on any atom is -0.392 e. The van der Waals surface area contributed by atoms with Crippen LogP contribution in [0.1, 0.15) is 54.2 Å². The quantitative estimate of drug-likeness (QED) is 0.282. The summed E-state index contributed by atoms with van der Waals surface area (Å²) in [5.74, 6) is 0. The lowest BCUT2D eigenvalue weighted by Gasteiger charge is -2.29. The lowest BCUT2D eigenvalue weighted by atomic mass is 9.95. The molecule has 0 saturated carbocycles. The molecule has 0 fully saturated rings. The standard InChI is InChI=1S/C26H28F6O3/c1-3-20(8-5-13-24(35,25(27,28)29)26(30,31)32)21-7-4-6-18(14-21)9-10-19-11-12-22(16-33)23(15-19)17(2)34/h4-8,11-15,17,33-35H,3,9-10,16H2,1-2H3/b13-5+,20-8+. The average Bonchev–Trinajstić information content (AvgIpc) is 2.78. The van der Waals surface area contributed by atoms with Gasteiger partial charge in [0.25, 0.3) is 5.60 Å². The van der Waals surface area contributed by atoms with Crippen molar-refractivity contribution in [3.05, 3.63) is 88.5 Å². The Morgan fingerprint density at radius 2 is 1.54 bits per heavy atom. The van der Waals surface area contributed by atoms with E-state index in [1.54, 1.807) is 38.1 Å². The first-order valence-corrected chi connectivity index (χ1v) is 11.0. The Kier molecular flexibility index (Phi) is 9.33. The van der Waals surface area contributed by atoms with Gasteiger partial charge in [-0.3, -0.25) is 0 Å². The second kappa shape index (κ2) is 11.4. The first kappa shape index (κ1) is 28.6. The van der Waals surface area contributed by atoms with Gasteiger partial charge < -0.3 is 15.3 Å². The molecule has 1 unspecified atom stereocenters. The number of aliphatic hydroxyl groups is 3. The summed E-state index contributed by atoms with van der Waals surface area (Å²) in [6.45, 7) is 3.14. The molecule has 2 aromatic carbocycles. The van der Waals surface area contributed by atoms with Gasteiger partial charge in [0.2, 0.25) is 0 Å². The monoisotopic (exact) mass is 502 g/mol. The van der Waals surface area contributed by atoms with Crippen LogP contribution in [-0.4, -0.2) is 33.3 Å². The van der Waals surface area contributed by atoms with Gasteiger partial charge in [0.15, 0.2) is 0 Å². The van der Waals surface area contributed by atoms with Crippen LogP contribution in [0.15, 0.2) is 60.7 Å². The number of halogens is 6. The number of aryl methyl sites for hydroxylation is 2. The highest BCUT2D eigenvalue weighted by Gasteiger charge is 2.68. The zero-order valence-electron chi connectivity index (χ0n) is 19.3. The van der Waals surface area contributed by atoms with E-state index in [1.165, 1.54) is 0 Å². The van der Waals surface area contributed by atoms with Crippen molar-refractivity contribution in [2.24, 2.45) is 0 Å². The van der Waals surface area contributed by atoms with Crippen molar-refractivity contribution in [3.63, 3.8) is 0 Å². The molecule has 192 valence electrons. The van der Waals surface area contributed by atoms with Gasteiger partial charge in [0.1, 0.15) is 0 Å². The fourth-order valence-electron chi connectivity index (χ4n) is 3.62. The third-order valence-corrected chi connectivity index (χ3v) is 5.71. The molecule has 3 nitrogen and oxygen atoms in total. The number of rotatable bonds is 9. The fourth-order valence-corrected chi connectivity index (χ4v) is 3.62. The molecule has 1 atom stereocenters. The molecule has 2 rings (SSSR count). The normalized spacial score (nSPS) is 14.5. The highest BCUT2D eigenvalue weighted by Crippen LogP contribution is 2.44. The predicted molar refractivity (Wildman–Crippen MR) is 121 cm³/mol. The zero-order chi connectivity index (χ0) is 26.4. The highest BCUT2D eigenvalue weighted by molar-refractivity contribution is 5.67. The first-order valence-electron chi connectivity index (χ1n) is 11.0. The molecular weight excluding hydrogens is 474 g/mol. The summed E-state index contributed by atoms with van der Waals surface area (Å²) in [6, 6.07) is 12.5.